The third-order valence-corrected chi connectivity index (χ3v) is 2.19. The molecule has 0 aliphatic rings. The number of hydrogen-bond acceptors (Lipinski definition) is 3. The molecular weight excluding hydrogens is 176 g/mol. The van der Waals surface area contributed by atoms with Crippen molar-refractivity contribution >= 4 is 25.3 Å². The van der Waals surface area contributed by atoms with E-state index in [1.165, 1.54) is 0 Å². The van der Waals surface area contributed by atoms with E-state index >= 15 is 0 Å². The van der Waals surface area contributed by atoms with Crippen LogP contribution in [0.25, 0.3) is 0 Å². The van der Waals surface area contributed by atoms with Gasteiger partial charge in [-0.1, -0.05) is 0 Å². The average molecular weight is 185 g/mol. The first-order valence-corrected chi connectivity index (χ1v) is 4.20. The van der Waals surface area contributed by atoms with Crippen molar-refractivity contribution in [3.63, 3.8) is 0 Å². The molecule has 0 amide bonds. The summed E-state index contributed by atoms with van der Waals surface area (Å²) in [6.45, 7) is 2.58. The summed E-state index contributed by atoms with van der Waals surface area (Å²) in [5.74, 6) is 0.764. The average Bonchev–Trinajstić information content (AvgIpc) is 1.99. The van der Waals surface area contributed by atoms with Crippen molar-refractivity contribution in [1.82, 2.24) is 0 Å². The van der Waals surface area contributed by atoms with Crippen molar-refractivity contribution in [3.8, 4) is 5.75 Å². The van der Waals surface area contributed by atoms with Crippen LogP contribution in [0.2, 0.25) is 0 Å². The largest absolute Gasteiger partial charge is 0.493 e. The van der Waals surface area contributed by atoms with E-state index in [9.17, 15) is 0 Å². The van der Waals surface area contributed by atoms with Gasteiger partial charge in [-0.15, -0.1) is 25.3 Å². The van der Waals surface area contributed by atoms with Gasteiger partial charge in [0.1, 0.15) is 5.75 Å². The second-order valence-corrected chi connectivity index (χ2v) is 2.87. The predicted octanol–water partition coefficient (Wildman–Crippen LogP) is 2.46. The van der Waals surface area contributed by atoms with E-state index in [1.807, 2.05) is 13.0 Å². The maximum atomic E-state index is 5.27. The molecule has 0 aliphatic heterocycles. The normalized spacial score (nSPS) is 9.73. The summed E-state index contributed by atoms with van der Waals surface area (Å²) in [7, 11) is 0. The van der Waals surface area contributed by atoms with E-state index in [1.54, 1.807) is 6.07 Å². The fourth-order valence-corrected chi connectivity index (χ4v) is 1.12. The monoisotopic (exact) mass is 185 g/mol. The first-order valence-electron chi connectivity index (χ1n) is 3.31. The van der Waals surface area contributed by atoms with Crippen LogP contribution in [0.15, 0.2) is 21.9 Å². The molecule has 59 valence electrons. The van der Waals surface area contributed by atoms with E-state index in [0.717, 1.165) is 15.5 Å². The van der Waals surface area contributed by atoms with E-state index in [4.69, 9.17) is 4.74 Å². The van der Waals surface area contributed by atoms with Crippen LogP contribution in [0.4, 0.5) is 0 Å². The zero-order valence-electron chi connectivity index (χ0n) is 6.16. The third-order valence-electron chi connectivity index (χ3n) is 1.21. The highest BCUT2D eigenvalue weighted by molar-refractivity contribution is 7.83. The van der Waals surface area contributed by atoms with Crippen LogP contribution in [0, 0.1) is 6.07 Å². The lowest BCUT2D eigenvalue weighted by Crippen LogP contribution is -1.92. The molecule has 1 radical (unpaired) electrons. The number of benzene rings is 1. The van der Waals surface area contributed by atoms with Crippen LogP contribution in [-0.2, 0) is 0 Å². The van der Waals surface area contributed by atoms with Crippen molar-refractivity contribution in [2.75, 3.05) is 6.61 Å². The molecule has 3 heteroatoms. The Labute approximate surface area is 77.6 Å². The standard InChI is InChI=1S/C8H9OS2/c1-2-9-6-4-3-5-7(10)8(6)11/h3-4,10-11H,2H2,1H3. The molecule has 1 aromatic carbocycles. The van der Waals surface area contributed by atoms with Gasteiger partial charge in [-0.05, 0) is 25.1 Å². The summed E-state index contributed by atoms with van der Waals surface area (Å²) >= 11 is 8.36. The Hall–Kier alpha value is -0.280. The Morgan fingerprint density at radius 3 is 2.91 bits per heavy atom. The van der Waals surface area contributed by atoms with Crippen molar-refractivity contribution in [3.05, 3.63) is 18.2 Å². The van der Waals surface area contributed by atoms with Gasteiger partial charge in [-0.3, -0.25) is 0 Å². The van der Waals surface area contributed by atoms with E-state index < -0.39 is 0 Å². The summed E-state index contributed by atoms with van der Waals surface area (Å²) in [6, 6.07) is 6.50. The fourth-order valence-electron chi connectivity index (χ4n) is 0.732. The summed E-state index contributed by atoms with van der Waals surface area (Å²) in [6.07, 6.45) is 0. The molecule has 1 aromatic rings. The highest BCUT2D eigenvalue weighted by Gasteiger charge is 2.01. The van der Waals surface area contributed by atoms with Crippen LogP contribution < -0.4 is 4.74 Å². The van der Waals surface area contributed by atoms with Gasteiger partial charge >= 0.3 is 0 Å². The molecule has 0 aliphatic carbocycles. The summed E-state index contributed by atoms with van der Waals surface area (Å²) in [5, 5.41) is 0. The Morgan fingerprint density at radius 1 is 1.55 bits per heavy atom. The Bertz CT molecular complexity index is 248. The van der Waals surface area contributed by atoms with Gasteiger partial charge in [0.15, 0.2) is 0 Å². The molecule has 11 heavy (non-hydrogen) atoms. The first kappa shape index (κ1) is 8.81. The van der Waals surface area contributed by atoms with Gasteiger partial charge in [-0.2, -0.15) is 0 Å². The molecule has 0 bridgehead atoms. The molecule has 0 saturated heterocycles. The van der Waals surface area contributed by atoms with Crippen LogP contribution in [-0.4, -0.2) is 6.61 Å². The Balaban J connectivity index is 2.96. The molecule has 0 aromatic heterocycles. The minimum absolute atomic E-state index is 0.644. The van der Waals surface area contributed by atoms with Gasteiger partial charge in [0.25, 0.3) is 0 Å². The lowest BCUT2D eigenvalue weighted by Gasteiger charge is -2.06. The topological polar surface area (TPSA) is 9.23 Å². The second-order valence-electron chi connectivity index (χ2n) is 1.97. The minimum Gasteiger partial charge on any atom is -0.493 e. The van der Waals surface area contributed by atoms with Gasteiger partial charge in [0, 0.05) is 4.90 Å². The van der Waals surface area contributed by atoms with Crippen LogP contribution >= 0.6 is 25.3 Å². The molecule has 0 fully saturated rings. The highest BCUT2D eigenvalue weighted by Crippen LogP contribution is 2.27. The summed E-state index contributed by atoms with van der Waals surface area (Å²) in [5.41, 5.74) is 0. The van der Waals surface area contributed by atoms with Gasteiger partial charge in [0.2, 0.25) is 0 Å². The zero-order chi connectivity index (χ0) is 8.27. The van der Waals surface area contributed by atoms with Gasteiger partial charge in [0.05, 0.1) is 11.5 Å². The van der Waals surface area contributed by atoms with E-state index in [-0.39, 0.29) is 0 Å². The summed E-state index contributed by atoms with van der Waals surface area (Å²) < 4.78 is 5.27. The highest BCUT2D eigenvalue weighted by atomic mass is 32.1. The Kier molecular flexibility index (Phi) is 3.15. The van der Waals surface area contributed by atoms with E-state index in [0.29, 0.717) is 6.61 Å². The third kappa shape index (κ3) is 2.07. The minimum atomic E-state index is 0.644. The molecule has 0 N–H and O–H groups in total. The van der Waals surface area contributed by atoms with Crippen LogP contribution in [0.3, 0.4) is 0 Å². The number of ether oxygens (including phenoxy) is 1. The number of thiol groups is 2. The summed E-state index contributed by atoms with van der Waals surface area (Å²) in [4.78, 5) is 1.47. The molecule has 0 atom stereocenters. The lowest BCUT2D eigenvalue weighted by molar-refractivity contribution is 0.331. The van der Waals surface area contributed by atoms with Gasteiger partial charge < -0.3 is 4.74 Å². The number of hydrogen-bond donors (Lipinski definition) is 2. The predicted molar refractivity (Wildman–Crippen MR) is 51.0 cm³/mol. The first-order chi connectivity index (χ1) is 5.25. The van der Waals surface area contributed by atoms with Crippen molar-refractivity contribution in [1.29, 1.82) is 0 Å². The van der Waals surface area contributed by atoms with Crippen molar-refractivity contribution in [2.45, 2.75) is 16.7 Å². The van der Waals surface area contributed by atoms with Crippen LogP contribution in [0.1, 0.15) is 6.92 Å². The maximum Gasteiger partial charge on any atom is 0.133 e. The quantitative estimate of drug-likeness (QED) is 0.673. The molecule has 0 saturated carbocycles. The molecular formula is C8H9OS2. The van der Waals surface area contributed by atoms with Gasteiger partial charge in [-0.25, -0.2) is 0 Å². The molecule has 1 rings (SSSR count). The Morgan fingerprint density at radius 2 is 2.27 bits per heavy atom. The molecule has 0 heterocycles. The smallest absolute Gasteiger partial charge is 0.133 e. The molecule has 0 unspecified atom stereocenters. The number of rotatable bonds is 2. The van der Waals surface area contributed by atoms with E-state index in [2.05, 4.69) is 31.3 Å². The molecule has 1 nitrogen and oxygen atoms in total. The second kappa shape index (κ2) is 3.93. The molecule has 0 spiro atoms. The zero-order valence-corrected chi connectivity index (χ0v) is 7.95. The fraction of sp³-hybridized carbons (Fsp3) is 0.250. The van der Waals surface area contributed by atoms with Crippen LogP contribution in [0.5, 0.6) is 5.75 Å². The van der Waals surface area contributed by atoms with Crippen molar-refractivity contribution < 1.29 is 4.74 Å². The SMILES string of the molecule is CCOc1cc[c]c(S)c1S. The lowest BCUT2D eigenvalue weighted by atomic mass is 10.3. The maximum absolute atomic E-state index is 5.27. The van der Waals surface area contributed by atoms with Crippen molar-refractivity contribution in [2.24, 2.45) is 0 Å².